The normalized spacial score (nSPS) is 9.83. The van der Waals surface area contributed by atoms with Crippen molar-refractivity contribution >= 4 is 11.9 Å². The van der Waals surface area contributed by atoms with Crippen molar-refractivity contribution in [3.63, 3.8) is 0 Å². The highest BCUT2D eigenvalue weighted by atomic mass is 16.5. The van der Waals surface area contributed by atoms with E-state index in [1.807, 2.05) is 0 Å². The van der Waals surface area contributed by atoms with Gasteiger partial charge < -0.3 is 20.3 Å². The first-order valence-electron chi connectivity index (χ1n) is 5.37. The van der Waals surface area contributed by atoms with Gasteiger partial charge in [0.2, 0.25) is 5.91 Å². The number of aliphatic carboxylic acids is 1. The molecular weight excluding hydrogens is 238 g/mol. The second-order valence-electron chi connectivity index (χ2n) is 3.67. The van der Waals surface area contributed by atoms with E-state index in [9.17, 15) is 14.7 Å². The Kier molecular flexibility index (Phi) is 4.98. The zero-order valence-corrected chi connectivity index (χ0v) is 9.97. The lowest BCUT2D eigenvalue weighted by atomic mass is 10.1. The number of carboxylic acids is 1. The third-order valence-electron chi connectivity index (χ3n) is 2.35. The van der Waals surface area contributed by atoms with Crippen LogP contribution in [0.4, 0.5) is 0 Å². The van der Waals surface area contributed by atoms with E-state index in [1.165, 1.54) is 13.2 Å². The van der Waals surface area contributed by atoms with Crippen molar-refractivity contribution in [1.82, 2.24) is 5.32 Å². The number of aromatic hydroxyl groups is 1. The molecule has 0 aromatic heterocycles. The highest BCUT2D eigenvalue weighted by Gasteiger charge is 2.07. The number of rotatable bonds is 6. The molecule has 0 fully saturated rings. The Balaban J connectivity index is 2.48. The summed E-state index contributed by atoms with van der Waals surface area (Å²) in [7, 11) is 1.49. The Morgan fingerprint density at radius 2 is 2.11 bits per heavy atom. The first-order chi connectivity index (χ1) is 8.52. The number of carbonyl (C=O) groups is 2. The molecule has 1 aromatic rings. The van der Waals surface area contributed by atoms with Crippen LogP contribution in [-0.4, -0.2) is 35.7 Å². The second kappa shape index (κ2) is 6.48. The molecule has 6 heteroatoms. The van der Waals surface area contributed by atoms with E-state index < -0.39 is 12.5 Å². The van der Waals surface area contributed by atoms with Gasteiger partial charge in [-0.3, -0.25) is 9.59 Å². The number of carboxylic acid groups (broad SMARTS) is 1. The molecule has 6 nitrogen and oxygen atoms in total. The average Bonchev–Trinajstić information content (AvgIpc) is 2.34. The molecule has 0 radical (unpaired) electrons. The Morgan fingerprint density at radius 3 is 2.67 bits per heavy atom. The molecule has 98 valence electrons. The molecule has 0 saturated carbocycles. The summed E-state index contributed by atoms with van der Waals surface area (Å²) in [5, 5.41) is 20.3. The third-order valence-corrected chi connectivity index (χ3v) is 2.35. The smallest absolute Gasteiger partial charge is 0.322 e. The predicted molar refractivity (Wildman–Crippen MR) is 63.6 cm³/mol. The van der Waals surface area contributed by atoms with Crippen molar-refractivity contribution < 1.29 is 24.5 Å². The molecule has 0 unspecified atom stereocenters. The molecule has 1 amide bonds. The summed E-state index contributed by atoms with van der Waals surface area (Å²) >= 11 is 0. The highest BCUT2D eigenvalue weighted by Crippen LogP contribution is 2.24. The van der Waals surface area contributed by atoms with Crippen molar-refractivity contribution in [3.8, 4) is 11.5 Å². The van der Waals surface area contributed by atoms with Gasteiger partial charge in [0.25, 0.3) is 0 Å². The number of carbonyl (C=O) groups excluding carboxylic acids is 1. The summed E-state index contributed by atoms with van der Waals surface area (Å²) in [6, 6.07) is 4.81. The minimum Gasteiger partial charge on any atom is -0.508 e. The van der Waals surface area contributed by atoms with E-state index in [0.29, 0.717) is 17.7 Å². The first-order valence-corrected chi connectivity index (χ1v) is 5.37. The van der Waals surface area contributed by atoms with Gasteiger partial charge in [0.1, 0.15) is 18.0 Å². The van der Waals surface area contributed by atoms with Gasteiger partial charge in [-0.15, -0.1) is 0 Å². The number of methoxy groups -OCH3 is 1. The summed E-state index contributed by atoms with van der Waals surface area (Å²) < 4.78 is 4.94. The van der Waals surface area contributed by atoms with Gasteiger partial charge in [0.05, 0.1) is 7.11 Å². The van der Waals surface area contributed by atoms with Gasteiger partial charge in [-0.05, 0) is 18.1 Å². The van der Waals surface area contributed by atoms with Crippen LogP contribution < -0.4 is 10.1 Å². The maximum atomic E-state index is 11.3. The van der Waals surface area contributed by atoms with Crippen LogP contribution in [0.25, 0.3) is 0 Å². The molecule has 0 atom stereocenters. The lowest BCUT2D eigenvalue weighted by molar-refractivity contribution is -0.137. The van der Waals surface area contributed by atoms with Gasteiger partial charge in [-0.2, -0.15) is 0 Å². The van der Waals surface area contributed by atoms with Gasteiger partial charge in [-0.25, -0.2) is 0 Å². The lowest BCUT2D eigenvalue weighted by Gasteiger charge is -2.06. The molecule has 0 spiro atoms. The quantitative estimate of drug-likeness (QED) is 0.687. The molecular formula is C12H15NO5. The largest absolute Gasteiger partial charge is 0.508 e. The predicted octanol–water partition coefficient (Wildman–Crippen LogP) is 0.534. The van der Waals surface area contributed by atoms with E-state index in [1.54, 1.807) is 12.1 Å². The van der Waals surface area contributed by atoms with Crippen LogP contribution in [0.2, 0.25) is 0 Å². The SMILES string of the molecule is COc1ccc(CCC(=O)NCC(=O)O)c(O)c1. The molecule has 0 aliphatic rings. The van der Waals surface area contributed by atoms with Crippen LogP contribution in [0.15, 0.2) is 18.2 Å². The van der Waals surface area contributed by atoms with Crippen molar-refractivity contribution in [2.24, 2.45) is 0 Å². The van der Waals surface area contributed by atoms with Gasteiger partial charge in [-0.1, -0.05) is 6.07 Å². The minimum atomic E-state index is -1.09. The number of nitrogens with one attached hydrogen (secondary N) is 1. The standard InChI is InChI=1S/C12H15NO5/c1-18-9-4-2-8(10(14)6-9)3-5-11(15)13-7-12(16)17/h2,4,6,14H,3,5,7H2,1H3,(H,13,15)(H,16,17). The number of hydrogen-bond acceptors (Lipinski definition) is 4. The Bertz CT molecular complexity index is 444. The molecule has 0 saturated heterocycles. The Hall–Kier alpha value is -2.24. The average molecular weight is 253 g/mol. The van der Waals surface area contributed by atoms with E-state index in [4.69, 9.17) is 9.84 Å². The highest BCUT2D eigenvalue weighted by molar-refractivity contribution is 5.81. The molecule has 1 rings (SSSR count). The number of phenols is 1. The summed E-state index contributed by atoms with van der Waals surface area (Å²) in [5.41, 5.74) is 0.612. The zero-order chi connectivity index (χ0) is 13.5. The van der Waals surface area contributed by atoms with Crippen LogP contribution in [-0.2, 0) is 16.0 Å². The number of ether oxygens (including phenoxy) is 1. The number of benzene rings is 1. The minimum absolute atomic E-state index is 0.0559. The molecule has 0 aliphatic carbocycles. The monoisotopic (exact) mass is 253 g/mol. The fourth-order valence-corrected chi connectivity index (χ4v) is 1.39. The van der Waals surface area contributed by atoms with Crippen molar-refractivity contribution in [2.75, 3.05) is 13.7 Å². The van der Waals surface area contributed by atoms with Crippen molar-refractivity contribution in [3.05, 3.63) is 23.8 Å². The van der Waals surface area contributed by atoms with Crippen LogP contribution >= 0.6 is 0 Å². The van der Waals surface area contributed by atoms with Crippen LogP contribution in [0.1, 0.15) is 12.0 Å². The second-order valence-corrected chi connectivity index (χ2v) is 3.67. The third kappa shape index (κ3) is 4.32. The van der Waals surface area contributed by atoms with Gasteiger partial charge in [0, 0.05) is 12.5 Å². The number of phenolic OH excluding ortho intramolecular Hbond substituents is 1. The van der Waals surface area contributed by atoms with Gasteiger partial charge >= 0.3 is 5.97 Å². The molecule has 0 heterocycles. The topological polar surface area (TPSA) is 95.9 Å². The van der Waals surface area contributed by atoms with Crippen molar-refractivity contribution in [1.29, 1.82) is 0 Å². The number of hydrogen-bond donors (Lipinski definition) is 3. The van der Waals surface area contributed by atoms with Crippen LogP contribution in [0.5, 0.6) is 11.5 Å². The lowest BCUT2D eigenvalue weighted by Crippen LogP contribution is -2.29. The van der Waals surface area contributed by atoms with Crippen molar-refractivity contribution in [2.45, 2.75) is 12.8 Å². The Morgan fingerprint density at radius 1 is 1.39 bits per heavy atom. The maximum Gasteiger partial charge on any atom is 0.322 e. The summed E-state index contributed by atoms with van der Waals surface area (Å²) in [6.07, 6.45) is 0.453. The molecule has 0 bridgehead atoms. The van der Waals surface area contributed by atoms with E-state index in [2.05, 4.69) is 5.32 Å². The van der Waals surface area contributed by atoms with E-state index >= 15 is 0 Å². The summed E-state index contributed by atoms with van der Waals surface area (Å²) in [6.45, 7) is -0.395. The van der Waals surface area contributed by atoms with E-state index in [-0.39, 0.29) is 18.1 Å². The molecule has 18 heavy (non-hydrogen) atoms. The van der Waals surface area contributed by atoms with E-state index in [0.717, 1.165) is 0 Å². The fraction of sp³-hybridized carbons (Fsp3) is 0.333. The Labute approximate surface area is 104 Å². The maximum absolute atomic E-state index is 11.3. The van der Waals surface area contributed by atoms with Crippen LogP contribution in [0, 0.1) is 0 Å². The first kappa shape index (κ1) is 13.8. The van der Waals surface area contributed by atoms with Crippen LogP contribution in [0.3, 0.4) is 0 Å². The van der Waals surface area contributed by atoms with Gasteiger partial charge in [0.15, 0.2) is 0 Å². The fourth-order valence-electron chi connectivity index (χ4n) is 1.39. The number of amides is 1. The summed E-state index contributed by atoms with van der Waals surface area (Å²) in [4.78, 5) is 21.5. The molecule has 0 aliphatic heterocycles. The molecule has 3 N–H and O–H groups in total. The number of aryl methyl sites for hydroxylation is 1. The molecule has 1 aromatic carbocycles. The summed E-state index contributed by atoms with van der Waals surface area (Å²) in [5.74, 6) is -0.866. The zero-order valence-electron chi connectivity index (χ0n) is 9.97.